The summed E-state index contributed by atoms with van der Waals surface area (Å²) in [6, 6.07) is 2.00. The minimum absolute atomic E-state index is 0.840. The fourth-order valence-corrected chi connectivity index (χ4v) is 1.43. The summed E-state index contributed by atoms with van der Waals surface area (Å²) < 4.78 is 5.33. The standard InChI is InChI=1S/C12H22N2O/c1-3-6-13-7-4-8-14-10-12-11(2)5-9-15-12/h5,9,13-14H,3-4,6-8,10H2,1-2H3. The third kappa shape index (κ3) is 5.00. The van der Waals surface area contributed by atoms with E-state index < -0.39 is 0 Å². The largest absolute Gasteiger partial charge is 0.468 e. The Morgan fingerprint density at radius 1 is 1.20 bits per heavy atom. The third-order valence-electron chi connectivity index (χ3n) is 2.39. The van der Waals surface area contributed by atoms with Gasteiger partial charge in [-0.05, 0) is 51.0 Å². The Bertz CT molecular complexity index is 258. The average molecular weight is 210 g/mol. The molecule has 0 aliphatic heterocycles. The summed E-state index contributed by atoms with van der Waals surface area (Å²) >= 11 is 0. The lowest BCUT2D eigenvalue weighted by atomic mass is 10.3. The average Bonchev–Trinajstić information content (AvgIpc) is 2.63. The zero-order valence-corrected chi connectivity index (χ0v) is 9.81. The lowest BCUT2D eigenvalue weighted by Crippen LogP contribution is -2.22. The summed E-state index contributed by atoms with van der Waals surface area (Å²) in [5.74, 6) is 1.05. The molecule has 1 heterocycles. The Morgan fingerprint density at radius 3 is 2.67 bits per heavy atom. The van der Waals surface area contributed by atoms with Gasteiger partial charge in [-0.25, -0.2) is 0 Å². The van der Waals surface area contributed by atoms with E-state index in [9.17, 15) is 0 Å². The lowest BCUT2D eigenvalue weighted by molar-refractivity contribution is 0.476. The van der Waals surface area contributed by atoms with Crippen LogP contribution >= 0.6 is 0 Å². The molecular weight excluding hydrogens is 188 g/mol. The molecule has 3 heteroatoms. The predicted octanol–water partition coefficient (Wildman–Crippen LogP) is 2.07. The van der Waals surface area contributed by atoms with Gasteiger partial charge in [0.05, 0.1) is 12.8 Å². The van der Waals surface area contributed by atoms with Gasteiger partial charge in [0, 0.05) is 0 Å². The van der Waals surface area contributed by atoms with E-state index in [0.29, 0.717) is 0 Å². The fraction of sp³-hybridized carbons (Fsp3) is 0.667. The van der Waals surface area contributed by atoms with Crippen LogP contribution in [0.2, 0.25) is 0 Å². The molecule has 0 radical (unpaired) electrons. The molecule has 0 fully saturated rings. The van der Waals surface area contributed by atoms with Crippen molar-refractivity contribution in [3.8, 4) is 0 Å². The van der Waals surface area contributed by atoms with E-state index in [1.165, 1.54) is 18.4 Å². The normalized spacial score (nSPS) is 10.8. The molecule has 1 rings (SSSR count). The van der Waals surface area contributed by atoms with E-state index in [1.54, 1.807) is 6.26 Å². The van der Waals surface area contributed by atoms with Gasteiger partial charge in [0.25, 0.3) is 0 Å². The van der Waals surface area contributed by atoms with Crippen molar-refractivity contribution >= 4 is 0 Å². The Hall–Kier alpha value is -0.800. The van der Waals surface area contributed by atoms with Crippen LogP contribution in [0.15, 0.2) is 16.7 Å². The quantitative estimate of drug-likeness (QED) is 0.645. The van der Waals surface area contributed by atoms with E-state index in [1.807, 2.05) is 6.07 Å². The molecule has 2 N–H and O–H groups in total. The van der Waals surface area contributed by atoms with Crippen molar-refractivity contribution < 1.29 is 4.42 Å². The molecule has 15 heavy (non-hydrogen) atoms. The summed E-state index contributed by atoms with van der Waals surface area (Å²) in [6.45, 7) is 8.35. The summed E-state index contributed by atoms with van der Waals surface area (Å²) in [5.41, 5.74) is 1.23. The maximum atomic E-state index is 5.33. The van der Waals surface area contributed by atoms with Crippen LogP contribution in [-0.4, -0.2) is 19.6 Å². The second-order valence-corrected chi connectivity index (χ2v) is 3.81. The second kappa shape index (κ2) is 7.49. The Labute approximate surface area is 92.2 Å². The molecule has 0 atom stereocenters. The fourth-order valence-electron chi connectivity index (χ4n) is 1.43. The van der Waals surface area contributed by atoms with Crippen LogP contribution in [0.1, 0.15) is 31.1 Å². The van der Waals surface area contributed by atoms with Crippen molar-refractivity contribution in [2.45, 2.75) is 33.2 Å². The minimum atomic E-state index is 0.840. The second-order valence-electron chi connectivity index (χ2n) is 3.81. The van der Waals surface area contributed by atoms with E-state index >= 15 is 0 Å². The van der Waals surface area contributed by atoms with E-state index in [-0.39, 0.29) is 0 Å². The molecule has 3 nitrogen and oxygen atoms in total. The highest BCUT2D eigenvalue weighted by atomic mass is 16.3. The van der Waals surface area contributed by atoms with Crippen LogP contribution in [0.3, 0.4) is 0 Å². The van der Waals surface area contributed by atoms with Crippen molar-refractivity contribution in [1.29, 1.82) is 0 Å². The van der Waals surface area contributed by atoms with Crippen molar-refractivity contribution in [2.24, 2.45) is 0 Å². The Balaban J connectivity index is 1.96. The molecule has 0 aliphatic carbocycles. The number of hydrogen-bond acceptors (Lipinski definition) is 3. The molecule has 0 unspecified atom stereocenters. The van der Waals surface area contributed by atoms with Gasteiger partial charge in [0.1, 0.15) is 5.76 Å². The number of hydrogen-bond donors (Lipinski definition) is 2. The SMILES string of the molecule is CCCNCCCNCc1occc1C. The molecule has 0 amide bonds. The smallest absolute Gasteiger partial charge is 0.120 e. The van der Waals surface area contributed by atoms with Gasteiger partial charge in [-0.2, -0.15) is 0 Å². The van der Waals surface area contributed by atoms with E-state index in [4.69, 9.17) is 4.42 Å². The number of aryl methyl sites for hydroxylation is 1. The van der Waals surface area contributed by atoms with Gasteiger partial charge in [-0.1, -0.05) is 6.92 Å². The van der Waals surface area contributed by atoms with Gasteiger partial charge in [0.2, 0.25) is 0 Å². The Kier molecular flexibility index (Phi) is 6.12. The van der Waals surface area contributed by atoms with Crippen LogP contribution < -0.4 is 10.6 Å². The molecule has 1 aromatic rings. The van der Waals surface area contributed by atoms with Crippen LogP contribution in [0, 0.1) is 6.92 Å². The van der Waals surface area contributed by atoms with Gasteiger partial charge < -0.3 is 15.1 Å². The molecular formula is C12H22N2O. The Morgan fingerprint density at radius 2 is 2.00 bits per heavy atom. The van der Waals surface area contributed by atoms with Crippen LogP contribution in [0.5, 0.6) is 0 Å². The summed E-state index contributed by atoms with van der Waals surface area (Å²) in [7, 11) is 0. The third-order valence-corrected chi connectivity index (χ3v) is 2.39. The van der Waals surface area contributed by atoms with Crippen molar-refractivity contribution in [3.63, 3.8) is 0 Å². The molecule has 86 valence electrons. The first-order valence-corrected chi connectivity index (χ1v) is 5.79. The van der Waals surface area contributed by atoms with Crippen molar-refractivity contribution in [2.75, 3.05) is 19.6 Å². The first-order chi connectivity index (χ1) is 7.34. The maximum Gasteiger partial charge on any atom is 0.120 e. The lowest BCUT2D eigenvalue weighted by Gasteiger charge is -2.04. The monoisotopic (exact) mass is 210 g/mol. The van der Waals surface area contributed by atoms with Gasteiger partial charge in [-0.15, -0.1) is 0 Å². The van der Waals surface area contributed by atoms with Gasteiger partial charge in [-0.3, -0.25) is 0 Å². The zero-order valence-electron chi connectivity index (χ0n) is 9.81. The maximum absolute atomic E-state index is 5.33. The highest BCUT2D eigenvalue weighted by Gasteiger charge is 1.99. The highest BCUT2D eigenvalue weighted by molar-refractivity contribution is 5.13. The van der Waals surface area contributed by atoms with Crippen molar-refractivity contribution in [1.82, 2.24) is 10.6 Å². The molecule has 0 saturated carbocycles. The van der Waals surface area contributed by atoms with Crippen LogP contribution in [0.25, 0.3) is 0 Å². The molecule has 0 saturated heterocycles. The van der Waals surface area contributed by atoms with Crippen LogP contribution in [0.4, 0.5) is 0 Å². The molecule has 0 spiro atoms. The highest BCUT2D eigenvalue weighted by Crippen LogP contribution is 2.07. The van der Waals surface area contributed by atoms with Crippen LogP contribution in [-0.2, 0) is 6.54 Å². The zero-order chi connectivity index (χ0) is 10.9. The minimum Gasteiger partial charge on any atom is -0.468 e. The van der Waals surface area contributed by atoms with Crippen molar-refractivity contribution in [3.05, 3.63) is 23.7 Å². The number of nitrogens with one attached hydrogen (secondary N) is 2. The van der Waals surface area contributed by atoms with E-state index in [2.05, 4.69) is 24.5 Å². The first-order valence-electron chi connectivity index (χ1n) is 5.79. The number of rotatable bonds is 8. The topological polar surface area (TPSA) is 37.2 Å². The molecule has 0 aliphatic rings. The summed E-state index contributed by atoms with van der Waals surface area (Å²) in [5, 5.41) is 6.75. The van der Waals surface area contributed by atoms with Gasteiger partial charge >= 0.3 is 0 Å². The summed E-state index contributed by atoms with van der Waals surface area (Å²) in [4.78, 5) is 0. The van der Waals surface area contributed by atoms with E-state index in [0.717, 1.165) is 31.9 Å². The molecule has 1 aromatic heterocycles. The molecule has 0 aromatic carbocycles. The van der Waals surface area contributed by atoms with Gasteiger partial charge in [0.15, 0.2) is 0 Å². The predicted molar refractivity (Wildman–Crippen MR) is 62.9 cm³/mol. The molecule has 0 bridgehead atoms. The number of furan rings is 1. The first kappa shape index (κ1) is 12.3. The summed E-state index contributed by atoms with van der Waals surface area (Å²) in [6.07, 6.45) is 4.12.